The highest BCUT2D eigenvalue weighted by molar-refractivity contribution is 5.98. The third-order valence-corrected chi connectivity index (χ3v) is 2.73. The van der Waals surface area contributed by atoms with E-state index in [1.165, 1.54) is 12.5 Å². The highest BCUT2D eigenvalue weighted by Crippen LogP contribution is 2.26. The van der Waals surface area contributed by atoms with E-state index in [1.807, 2.05) is 19.1 Å². The topological polar surface area (TPSA) is 30.2 Å². The highest BCUT2D eigenvalue weighted by Gasteiger charge is 2.13. The van der Waals surface area contributed by atoms with Gasteiger partial charge in [0.1, 0.15) is 5.58 Å². The Morgan fingerprint density at radius 1 is 1.40 bits per heavy atom. The predicted octanol–water partition coefficient (Wildman–Crippen LogP) is 3.51. The summed E-state index contributed by atoms with van der Waals surface area (Å²) in [5.41, 5.74) is 3.02. The molecule has 2 heteroatoms. The van der Waals surface area contributed by atoms with Gasteiger partial charge in [-0.25, -0.2) is 0 Å². The van der Waals surface area contributed by atoms with Gasteiger partial charge in [0.25, 0.3) is 0 Å². The van der Waals surface area contributed by atoms with Gasteiger partial charge in [-0.1, -0.05) is 13.0 Å². The molecule has 0 radical (unpaired) electrons. The fourth-order valence-corrected chi connectivity index (χ4v) is 1.82. The lowest BCUT2D eigenvalue weighted by Crippen LogP contribution is -1.90. The van der Waals surface area contributed by atoms with Gasteiger partial charge < -0.3 is 4.42 Å². The van der Waals surface area contributed by atoms with Gasteiger partial charge in [-0.15, -0.1) is 0 Å². The molecule has 2 nitrogen and oxygen atoms in total. The maximum absolute atomic E-state index is 11.3. The van der Waals surface area contributed by atoms with Gasteiger partial charge in [-0.2, -0.15) is 0 Å². The number of fused-ring (bicyclic) bond motifs is 1. The third-order valence-electron chi connectivity index (χ3n) is 2.73. The summed E-state index contributed by atoms with van der Waals surface area (Å²) in [6.45, 7) is 5.58. The first-order valence-corrected chi connectivity index (χ1v) is 5.16. The number of hydrogen-bond donors (Lipinski definition) is 0. The van der Waals surface area contributed by atoms with Crippen molar-refractivity contribution in [3.8, 4) is 0 Å². The van der Waals surface area contributed by atoms with Gasteiger partial charge in [0.2, 0.25) is 0 Å². The number of ketones is 1. The molecule has 2 rings (SSSR count). The van der Waals surface area contributed by atoms with E-state index in [4.69, 9.17) is 4.42 Å². The van der Waals surface area contributed by atoms with Crippen molar-refractivity contribution in [3.63, 3.8) is 0 Å². The van der Waals surface area contributed by atoms with Gasteiger partial charge in [-0.3, -0.25) is 4.79 Å². The van der Waals surface area contributed by atoms with E-state index in [0.717, 1.165) is 23.0 Å². The fourth-order valence-electron chi connectivity index (χ4n) is 1.82. The molecule has 78 valence electrons. The van der Waals surface area contributed by atoms with Gasteiger partial charge >= 0.3 is 0 Å². The van der Waals surface area contributed by atoms with Crippen LogP contribution in [0.3, 0.4) is 0 Å². The monoisotopic (exact) mass is 202 g/mol. The maximum atomic E-state index is 11.3. The molecule has 0 atom stereocenters. The Morgan fingerprint density at radius 2 is 2.13 bits per heavy atom. The van der Waals surface area contributed by atoms with Crippen LogP contribution in [-0.2, 0) is 6.42 Å². The summed E-state index contributed by atoms with van der Waals surface area (Å²) in [5.74, 6) is 0.472. The molecule has 0 aliphatic heterocycles. The Balaban J connectivity index is 2.72. The molecule has 0 amide bonds. The molecule has 0 spiro atoms. The van der Waals surface area contributed by atoms with E-state index in [0.29, 0.717) is 5.76 Å². The van der Waals surface area contributed by atoms with E-state index < -0.39 is 0 Å². The first kappa shape index (κ1) is 9.97. The lowest BCUT2D eigenvalue weighted by atomic mass is 10.1. The molecule has 2 aromatic rings. The molecule has 0 saturated heterocycles. The first-order valence-electron chi connectivity index (χ1n) is 5.16. The summed E-state index contributed by atoms with van der Waals surface area (Å²) in [7, 11) is 0. The molecule has 0 bridgehead atoms. The van der Waals surface area contributed by atoms with Crippen molar-refractivity contribution >= 4 is 16.8 Å². The third kappa shape index (κ3) is 1.56. The van der Waals surface area contributed by atoms with Crippen LogP contribution < -0.4 is 0 Å². The van der Waals surface area contributed by atoms with Crippen LogP contribution in [0.1, 0.15) is 35.5 Å². The first-order chi connectivity index (χ1) is 7.13. The van der Waals surface area contributed by atoms with Crippen LogP contribution in [0.4, 0.5) is 0 Å². The molecule has 1 heterocycles. The van der Waals surface area contributed by atoms with E-state index in [1.54, 1.807) is 0 Å². The zero-order valence-electron chi connectivity index (χ0n) is 9.26. The van der Waals surface area contributed by atoms with Crippen LogP contribution in [0.2, 0.25) is 0 Å². The average Bonchev–Trinajstić information content (AvgIpc) is 2.56. The smallest absolute Gasteiger partial charge is 0.195 e. The summed E-state index contributed by atoms with van der Waals surface area (Å²) < 4.78 is 5.51. The van der Waals surface area contributed by atoms with Crippen molar-refractivity contribution in [2.24, 2.45) is 0 Å². The normalized spacial score (nSPS) is 10.9. The van der Waals surface area contributed by atoms with Crippen molar-refractivity contribution < 1.29 is 9.21 Å². The van der Waals surface area contributed by atoms with Crippen LogP contribution in [0.25, 0.3) is 11.0 Å². The number of aryl methyl sites for hydroxylation is 2. The largest absolute Gasteiger partial charge is 0.453 e. The second-order valence-electron chi connectivity index (χ2n) is 3.80. The molecule has 0 saturated carbocycles. The Hall–Kier alpha value is -1.57. The summed E-state index contributed by atoms with van der Waals surface area (Å²) in [5, 5.41) is 1.06. The predicted molar refractivity (Wildman–Crippen MR) is 60.3 cm³/mol. The summed E-state index contributed by atoms with van der Waals surface area (Å²) in [6, 6.07) is 6.07. The van der Waals surface area contributed by atoms with E-state index in [9.17, 15) is 4.79 Å². The summed E-state index contributed by atoms with van der Waals surface area (Å²) in [6.07, 6.45) is 0.996. The number of rotatable bonds is 2. The van der Waals surface area contributed by atoms with Crippen molar-refractivity contribution in [1.29, 1.82) is 0 Å². The second kappa shape index (κ2) is 3.54. The zero-order valence-corrected chi connectivity index (χ0v) is 9.26. The SMILES string of the molecule is CCc1ccc2oc(C(C)=O)c(C)c2c1. The molecule has 1 aromatic heterocycles. The minimum absolute atomic E-state index is 0.0123. The van der Waals surface area contributed by atoms with Crippen molar-refractivity contribution in [1.82, 2.24) is 0 Å². The Kier molecular flexibility index (Phi) is 2.35. The number of hydrogen-bond acceptors (Lipinski definition) is 2. The zero-order chi connectivity index (χ0) is 11.0. The van der Waals surface area contributed by atoms with Crippen LogP contribution in [0.5, 0.6) is 0 Å². The fraction of sp³-hybridized carbons (Fsp3) is 0.308. The number of carbonyl (C=O) groups excluding carboxylic acids is 1. The Morgan fingerprint density at radius 3 is 2.73 bits per heavy atom. The van der Waals surface area contributed by atoms with Gasteiger partial charge in [0.05, 0.1) is 0 Å². The van der Waals surface area contributed by atoms with Crippen molar-refractivity contribution in [3.05, 3.63) is 35.1 Å². The van der Waals surface area contributed by atoms with Crippen LogP contribution in [-0.4, -0.2) is 5.78 Å². The number of furan rings is 1. The molecular weight excluding hydrogens is 188 g/mol. The van der Waals surface area contributed by atoms with E-state index in [-0.39, 0.29) is 5.78 Å². The lowest BCUT2D eigenvalue weighted by molar-refractivity contribution is 0.0988. The summed E-state index contributed by atoms with van der Waals surface area (Å²) >= 11 is 0. The van der Waals surface area contributed by atoms with Crippen LogP contribution in [0, 0.1) is 6.92 Å². The Labute approximate surface area is 88.9 Å². The molecule has 0 fully saturated rings. The summed E-state index contributed by atoms with van der Waals surface area (Å²) in [4.78, 5) is 11.3. The van der Waals surface area contributed by atoms with Crippen molar-refractivity contribution in [2.75, 3.05) is 0 Å². The number of benzene rings is 1. The minimum atomic E-state index is -0.0123. The minimum Gasteiger partial charge on any atom is -0.453 e. The number of carbonyl (C=O) groups is 1. The van der Waals surface area contributed by atoms with Gasteiger partial charge in [-0.05, 0) is 31.0 Å². The van der Waals surface area contributed by atoms with E-state index in [2.05, 4.69) is 13.0 Å². The van der Waals surface area contributed by atoms with Crippen molar-refractivity contribution in [2.45, 2.75) is 27.2 Å². The Bertz CT molecular complexity index is 521. The lowest BCUT2D eigenvalue weighted by Gasteiger charge is -1.95. The standard InChI is InChI=1S/C13H14O2/c1-4-10-5-6-12-11(7-10)8(2)13(15-12)9(3)14/h5-7H,4H2,1-3H3. The van der Waals surface area contributed by atoms with Gasteiger partial charge in [0.15, 0.2) is 11.5 Å². The average molecular weight is 202 g/mol. The molecule has 15 heavy (non-hydrogen) atoms. The molecule has 0 aliphatic carbocycles. The maximum Gasteiger partial charge on any atom is 0.195 e. The molecule has 1 aromatic carbocycles. The van der Waals surface area contributed by atoms with Gasteiger partial charge in [0, 0.05) is 17.9 Å². The molecule has 0 unspecified atom stereocenters. The van der Waals surface area contributed by atoms with Crippen LogP contribution >= 0.6 is 0 Å². The second-order valence-corrected chi connectivity index (χ2v) is 3.80. The quantitative estimate of drug-likeness (QED) is 0.697. The van der Waals surface area contributed by atoms with E-state index >= 15 is 0 Å². The highest BCUT2D eigenvalue weighted by atomic mass is 16.3. The molecular formula is C13H14O2. The number of Topliss-reactive ketones (excluding diaryl/α,β-unsaturated/α-hetero) is 1. The van der Waals surface area contributed by atoms with Crippen LogP contribution in [0.15, 0.2) is 22.6 Å². The molecule has 0 N–H and O–H groups in total. The molecule has 0 aliphatic rings.